The molecule has 0 atom stereocenters. The zero-order valence-electron chi connectivity index (χ0n) is 21.7. The van der Waals surface area contributed by atoms with Gasteiger partial charge in [-0.2, -0.15) is 5.26 Å². The van der Waals surface area contributed by atoms with Crippen molar-refractivity contribution in [1.29, 1.82) is 5.26 Å². The van der Waals surface area contributed by atoms with Gasteiger partial charge in [0.15, 0.2) is 0 Å². The Hall–Kier alpha value is -4.57. The topological polar surface area (TPSA) is 95.1 Å². The van der Waals surface area contributed by atoms with Crippen molar-refractivity contribution in [2.45, 2.75) is 24.9 Å². The fraction of sp³-hybridized carbons (Fsp3) is 0.121. The molecule has 0 aliphatic heterocycles. The molecule has 2 N–H and O–H groups in total. The summed E-state index contributed by atoms with van der Waals surface area (Å²) in [5, 5.41) is 23.7. The van der Waals surface area contributed by atoms with E-state index in [1.54, 1.807) is 42.5 Å². The van der Waals surface area contributed by atoms with Crippen LogP contribution in [0.1, 0.15) is 50.2 Å². The van der Waals surface area contributed by atoms with E-state index in [0.29, 0.717) is 27.7 Å². The van der Waals surface area contributed by atoms with Crippen LogP contribution in [0.2, 0.25) is 10.0 Å². The lowest BCUT2D eigenvalue weighted by Crippen LogP contribution is -2.35. The van der Waals surface area contributed by atoms with Gasteiger partial charge in [0, 0.05) is 28.2 Å². The lowest BCUT2D eigenvalue weighted by atomic mass is 9.98. The zero-order valence-corrected chi connectivity index (χ0v) is 23.2. The number of nitrogens with zero attached hydrogens (tertiary/aromatic N) is 2. The molecule has 0 unspecified atom stereocenters. The minimum absolute atomic E-state index is 0.201. The van der Waals surface area contributed by atoms with E-state index < -0.39 is 11.5 Å². The van der Waals surface area contributed by atoms with Gasteiger partial charge in [-0.3, -0.25) is 4.79 Å². The summed E-state index contributed by atoms with van der Waals surface area (Å²) < 4.78 is 2.01. The van der Waals surface area contributed by atoms with Gasteiger partial charge >= 0.3 is 5.97 Å². The summed E-state index contributed by atoms with van der Waals surface area (Å²) in [6.45, 7) is 0.460. The number of aromatic carboxylic acids is 1. The molecule has 1 aliphatic carbocycles. The van der Waals surface area contributed by atoms with Crippen LogP contribution in [0, 0.1) is 11.3 Å². The average Bonchev–Trinajstić information content (AvgIpc) is 3.64. The summed E-state index contributed by atoms with van der Waals surface area (Å²) in [6.07, 6.45) is 3.45. The monoisotopic (exact) mass is 579 g/mol. The van der Waals surface area contributed by atoms with Crippen molar-refractivity contribution in [2.75, 3.05) is 0 Å². The molecule has 1 saturated carbocycles. The molecule has 0 bridgehead atoms. The van der Waals surface area contributed by atoms with Crippen molar-refractivity contribution in [1.82, 2.24) is 9.88 Å². The van der Waals surface area contributed by atoms with Crippen molar-refractivity contribution in [3.05, 3.63) is 129 Å². The van der Waals surface area contributed by atoms with Gasteiger partial charge in [-0.25, -0.2) is 4.79 Å². The van der Waals surface area contributed by atoms with Gasteiger partial charge in [-0.05, 0) is 95.8 Å². The maximum Gasteiger partial charge on any atom is 0.335 e. The number of nitrogens with one attached hydrogen (secondary N) is 1. The summed E-state index contributed by atoms with van der Waals surface area (Å²) in [5.41, 5.74) is 5.00. The lowest BCUT2D eigenvalue weighted by molar-refractivity contribution is 0.0696. The zero-order chi connectivity index (χ0) is 28.7. The Labute approximate surface area is 246 Å². The molecular formula is C33H23Cl2N3O3. The van der Waals surface area contributed by atoms with Crippen LogP contribution in [0.5, 0.6) is 0 Å². The van der Waals surface area contributed by atoms with Crippen molar-refractivity contribution in [3.63, 3.8) is 0 Å². The summed E-state index contributed by atoms with van der Waals surface area (Å²) in [4.78, 5) is 25.4. The van der Waals surface area contributed by atoms with Crippen molar-refractivity contribution >= 4 is 46.0 Å². The summed E-state index contributed by atoms with van der Waals surface area (Å²) >= 11 is 12.5. The molecule has 1 fully saturated rings. The molecule has 202 valence electrons. The highest BCUT2D eigenvalue weighted by Gasteiger charge is 2.46. The minimum atomic E-state index is -0.991. The number of amides is 1. The summed E-state index contributed by atoms with van der Waals surface area (Å²) in [6, 6.07) is 27.3. The van der Waals surface area contributed by atoms with Crippen LogP contribution >= 0.6 is 23.2 Å². The van der Waals surface area contributed by atoms with Crippen LogP contribution in [0.15, 0.2) is 91.1 Å². The highest BCUT2D eigenvalue weighted by Crippen LogP contribution is 2.46. The van der Waals surface area contributed by atoms with Gasteiger partial charge in [0.25, 0.3) is 5.91 Å². The normalized spacial score (nSPS) is 13.5. The maximum absolute atomic E-state index is 14.1. The van der Waals surface area contributed by atoms with E-state index in [1.807, 2.05) is 53.2 Å². The molecule has 1 aliphatic rings. The molecule has 4 aromatic carbocycles. The smallest absolute Gasteiger partial charge is 0.335 e. The minimum Gasteiger partial charge on any atom is -0.478 e. The van der Waals surface area contributed by atoms with E-state index in [9.17, 15) is 20.0 Å². The fourth-order valence-electron chi connectivity index (χ4n) is 5.28. The van der Waals surface area contributed by atoms with E-state index in [-0.39, 0.29) is 11.5 Å². The van der Waals surface area contributed by atoms with Crippen LogP contribution in [0.4, 0.5) is 0 Å². The number of carboxylic acids is 1. The van der Waals surface area contributed by atoms with Crippen LogP contribution in [0.3, 0.4) is 0 Å². The van der Waals surface area contributed by atoms with Crippen LogP contribution < -0.4 is 5.32 Å². The predicted molar refractivity (Wildman–Crippen MR) is 159 cm³/mol. The third kappa shape index (κ3) is 5.30. The van der Waals surface area contributed by atoms with E-state index in [0.717, 1.165) is 46.0 Å². The Morgan fingerprint density at radius 3 is 2.20 bits per heavy atom. The van der Waals surface area contributed by atoms with Gasteiger partial charge in [0.1, 0.15) is 0 Å². The van der Waals surface area contributed by atoms with E-state index in [1.165, 1.54) is 0 Å². The van der Waals surface area contributed by atoms with Crippen LogP contribution in [0.25, 0.3) is 22.0 Å². The number of benzene rings is 4. The second kappa shape index (κ2) is 10.4. The predicted octanol–water partition coefficient (Wildman–Crippen LogP) is 7.65. The SMILES string of the molecule is N#Cc1ccc(-c2cc(C(=O)NC3(c4ccc(C(=O)O)cc4)CC3)c3c(ccn3Cc3cc(Cl)cc(Cl)c3)c2)cc1. The largest absolute Gasteiger partial charge is 0.478 e. The quantitative estimate of drug-likeness (QED) is 0.207. The molecule has 5 aromatic rings. The second-order valence-electron chi connectivity index (χ2n) is 10.3. The molecule has 0 saturated heterocycles. The third-order valence-electron chi connectivity index (χ3n) is 7.52. The van der Waals surface area contributed by atoms with Gasteiger partial charge in [0.05, 0.1) is 33.8 Å². The first-order chi connectivity index (χ1) is 19.7. The van der Waals surface area contributed by atoms with E-state index in [4.69, 9.17) is 23.2 Å². The molecule has 6 rings (SSSR count). The Morgan fingerprint density at radius 1 is 0.902 bits per heavy atom. The highest BCUT2D eigenvalue weighted by molar-refractivity contribution is 6.34. The lowest BCUT2D eigenvalue weighted by Gasteiger charge is -2.20. The molecule has 41 heavy (non-hydrogen) atoms. The van der Waals surface area contributed by atoms with Gasteiger partial charge < -0.3 is 15.0 Å². The highest BCUT2D eigenvalue weighted by atomic mass is 35.5. The summed E-state index contributed by atoms with van der Waals surface area (Å²) in [7, 11) is 0. The van der Waals surface area contributed by atoms with Crippen molar-refractivity contribution < 1.29 is 14.7 Å². The molecule has 0 radical (unpaired) electrons. The molecule has 1 amide bonds. The van der Waals surface area contributed by atoms with E-state index >= 15 is 0 Å². The second-order valence-corrected chi connectivity index (χ2v) is 11.2. The Bertz CT molecular complexity index is 1850. The number of aromatic nitrogens is 1. The maximum atomic E-state index is 14.1. The molecule has 0 spiro atoms. The number of nitriles is 1. The Balaban J connectivity index is 1.42. The average molecular weight is 580 g/mol. The number of carbonyl (C=O) groups is 2. The third-order valence-corrected chi connectivity index (χ3v) is 7.95. The Kier molecular flexibility index (Phi) is 6.78. The molecule has 1 aromatic heterocycles. The van der Waals surface area contributed by atoms with Crippen molar-refractivity contribution in [3.8, 4) is 17.2 Å². The fourth-order valence-corrected chi connectivity index (χ4v) is 5.86. The molecular weight excluding hydrogens is 557 g/mol. The first-order valence-corrected chi connectivity index (χ1v) is 13.7. The first kappa shape index (κ1) is 26.6. The molecule has 8 heteroatoms. The van der Waals surface area contributed by atoms with Gasteiger partial charge in [-0.1, -0.05) is 47.5 Å². The molecule has 6 nitrogen and oxygen atoms in total. The standard InChI is InChI=1S/C33H23Cl2N3O3/c34-27-13-21(14-28(35)17-27)19-38-12-9-24-15-25(22-3-1-20(18-36)2-4-22)16-29(30(24)38)31(39)37-33(10-11-33)26-7-5-23(6-8-26)32(40)41/h1-9,12-17H,10-11,19H2,(H,37,39)(H,40,41). The first-order valence-electron chi connectivity index (χ1n) is 13.0. The number of rotatable bonds is 7. The number of carboxylic acid groups (broad SMARTS) is 1. The summed E-state index contributed by atoms with van der Waals surface area (Å²) in [5.74, 6) is -1.22. The van der Waals surface area contributed by atoms with Gasteiger partial charge in [0.2, 0.25) is 0 Å². The van der Waals surface area contributed by atoms with E-state index in [2.05, 4.69) is 11.4 Å². The Morgan fingerprint density at radius 2 is 1.59 bits per heavy atom. The number of fused-ring (bicyclic) bond motifs is 1. The number of halogens is 2. The van der Waals surface area contributed by atoms with Crippen molar-refractivity contribution in [2.24, 2.45) is 0 Å². The van der Waals surface area contributed by atoms with Gasteiger partial charge in [-0.15, -0.1) is 0 Å². The number of hydrogen-bond donors (Lipinski definition) is 2. The van der Waals surface area contributed by atoms with Crippen LogP contribution in [-0.2, 0) is 12.1 Å². The number of hydrogen-bond acceptors (Lipinski definition) is 3. The number of carbonyl (C=O) groups excluding carboxylic acids is 1. The molecule has 1 heterocycles. The van der Waals surface area contributed by atoms with Crippen LogP contribution in [-0.4, -0.2) is 21.6 Å².